The van der Waals surface area contributed by atoms with E-state index in [4.69, 9.17) is 0 Å². The molecular weight excluding hydrogens is 208 g/mol. The lowest BCUT2D eigenvalue weighted by Gasteiger charge is -2.11. The van der Waals surface area contributed by atoms with Crippen molar-refractivity contribution in [2.45, 2.75) is 13.0 Å². The van der Waals surface area contributed by atoms with E-state index in [1.54, 1.807) is 19.4 Å². The SMILES string of the molecule is CC(Nc1nccn(C)c1=O)c1ncn[nH]1. The predicted molar refractivity (Wildman–Crippen MR) is 57.9 cm³/mol. The third kappa shape index (κ3) is 1.92. The molecule has 0 saturated carbocycles. The zero-order chi connectivity index (χ0) is 11.5. The summed E-state index contributed by atoms with van der Waals surface area (Å²) >= 11 is 0. The maximum Gasteiger partial charge on any atom is 0.293 e. The van der Waals surface area contributed by atoms with Gasteiger partial charge in [-0.05, 0) is 6.92 Å². The number of H-pyrrole nitrogens is 1. The van der Waals surface area contributed by atoms with Gasteiger partial charge in [-0.15, -0.1) is 0 Å². The standard InChI is InChI=1S/C9H12N6O/c1-6(7-11-5-12-14-7)13-8-9(16)15(2)4-3-10-8/h3-6H,1-2H3,(H,10,13)(H,11,12,14). The highest BCUT2D eigenvalue weighted by molar-refractivity contribution is 5.32. The van der Waals surface area contributed by atoms with Crippen LogP contribution in [0.3, 0.4) is 0 Å². The van der Waals surface area contributed by atoms with Gasteiger partial charge < -0.3 is 9.88 Å². The van der Waals surface area contributed by atoms with E-state index in [9.17, 15) is 4.79 Å². The first-order valence-corrected chi connectivity index (χ1v) is 4.82. The Morgan fingerprint density at radius 3 is 3.00 bits per heavy atom. The Kier molecular flexibility index (Phi) is 2.67. The second kappa shape index (κ2) is 4.13. The van der Waals surface area contributed by atoms with Crippen molar-refractivity contribution in [1.29, 1.82) is 0 Å². The monoisotopic (exact) mass is 220 g/mol. The lowest BCUT2D eigenvalue weighted by molar-refractivity contribution is 0.771. The van der Waals surface area contributed by atoms with Gasteiger partial charge in [0.05, 0.1) is 6.04 Å². The topological polar surface area (TPSA) is 88.5 Å². The van der Waals surface area contributed by atoms with Crippen LogP contribution < -0.4 is 10.9 Å². The van der Waals surface area contributed by atoms with E-state index in [1.807, 2.05) is 6.92 Å². The third-order valence-corrected chi connectivity index (χ3v) is 2.21. The lowest BCUT2D eigenvalue weighted by atomic mass is 10.3. The second-order valence-electron chi connectivity index (χ2n) is 3.43. The zero-order valence-corrected chi connectivity index (χ0v) is 9.01. The zero-order valence-electron chi connectivity index (χ0n) is 9.01. The van der Waals surface area contributed by atoms with Crippen molar-refractivity contribution in [2.24, 2.45) is 7.05 Å². The minimum Gasteiger partial charge on any atom is -0.356 e. The number of aromatic nitrogens is 5. The van der Waals surface area contributed by atoms with E-state index < -0.39 is 0 Å². The van der Waals surface area contributed by atoms with Crippen LogP contribution >= 0.6 is 0 Å². The Morgan fingerprint density at radius 2 is 2.31 bits per heavy atom. The van der Waals surface area contributed by atoms with Crippen LogP contribution in [0.4, 0.5) is 5.82 Å². The highest BCUT2D eigenvalue weighted by Crippen LogP contribution is 2.09. The summed E-state index contributed by atoms with van der Waals surface area (Å²) < 4.78 is 1.46. The molecule has 2 aromatic heterocycles. The molecule has 84 valence electrons. The molecule has 2 heterocycles. The van der Waals surface area contributed by atoms with Crippen LogP contribution in [0.25, 0.3) is 0 Å². The van der Waals surface area contributed by atoms with Gasteiger partial charge in [-0.1, -0.05) is 0 Å². The van der Waals surface area contributed by atoms with Crippen LogP contribution in [0.1, 0.15) is 18.8 Å². The predicted octanol–water partition coefficient (Wildman–Crippen LogP) is 0.0715. The summed E-state index contributed by atoms with van der Waals surface area (Å²) in [5.74, 6) is 0.960. The molecule has 0 aliphatic carbocycles. The van der Waals surface area contributed by atoms with Crippen molar-refractivity contribution in [3.8, 4) is 0 Å². The quantitative estimate of drug-likeness (QED) is 0.764. The molecule has 2 rings (SSSR count). The molecule has 16 heavy (non-hydrogen) atoms. The molecule has 0 bridgehead atoms. The van der Waals surface area contributed by atoms with E-state index in [-0.39, 0.29) is 11.6 Å². The van der Waals surface area contributed by atoms with E-state index in [2.05, 4.69) is 25.5 Å². The van der Waals surface area contributed by atoms with E-state index >= 15 is 0 Å². The molecule has 2 N–H and O–H groups in total. The first-order valence-electron chi connectivity index (χ1n) is 4.82. The summed E-state index contributed by atoms with van der Waals surface area (Å²) in [6, 6.07) is -0.148. The van der Waals surface area contributed by atoms with Crippen molar-refractivity contribution in [3.63, 3.8) is 0 Å². The van der Waals surface area contributed by atoms with Crippen LogP contribution in [-0.4, -0.2) is 24.7 Å². The normalized spacial score (nSPS) is 12.4. The smallest absolute Gasteiger partial charge is 0.293 e. The van der Waals surface area contributed by atoms with Crippen LogP contribution in [0, 0.1) is 0 Å². The Hall–Kier alpha value is -2.18. The minimum atomic E-state index is -0.172. The molecule has 0 fully saturated rings. The molecular formula is C9H12N6O. The fourth-order valence-corrected chi connectivity index (χ4v) is 1.29. The summed E-state index contributed by atoms with van der Waals surface area (Å²) in [6.07, 6.45) is 4.59. The first kappa shape index (κ1) is 10.3. The van der Waals surface area contributed by atoms with Gasteiger partial charge in [0.15, 0.2) is 5.82 Å². The van der Waals surface area contributed by atoms with Crippen molar-refractivity contribution < 1.29 is 0 Å². The van der Waals surface area contributed by atoms with Crippen molar-refractivity contribution in [1.82, 2.24) is 24.7 Å². The molecule has 2 aromatic rings. The largest absolute Gasteiger partial charge is 0.356 e. The number of nitrogens with one attached hydrogen (secondary N) is 2. The van der Waals surface area contributed by atoms with Crippen molar-refractivity contribution in [2.75, 3.05) is 5.32 Å². The number of nitrogens with zero attached hydrogens (tertiary/aromatic N) is 4. The molecule has 0 saturated heterocycles. The number of hydrogen-bond acceptors (Lipinski definition) is 5. The average molecular weight is 220 g/mol. The molecule has 7 heteroatoms. The Labute approximate surface area is 91.6 Å². The number of hydrogen-bond donors (Lipinski definition) is 2. The van der Waals surface area contributed by atoms with Gasteiger partial charge in [0, 0.05) is 19.4 Å². The Balaban J connectivity index is 2.22. The summed E-state index contributed by atoms with van der Waals surface area (Å²) in [4.78, 5) is 19.6. The average Bonchev–Trinajstić information content (AvgIpc) is 2.78. The molecule has 0 aliphatic heterocycles. The van der Waals surface area contributed by atoms with Gasteiger partial charge in [-0.25, -0.2) is 9.97 Å². The van der Waals surface area contributed by atoms with Gasteiger partial charge in [0.1, 0.15) is 12.2 Å². The number of rotatable bonds is 3. The molecule has 0 spiro atoms. The molecule has 0 amide bonds. The van der Waals surface area contributed by atoms with Gasteiger partial charge in [-0.2, -0.15) is 5.10 Å². The van der Waals surface area contributed by atoms with Crippen molar-refractivity contribution in [3.05, 3.63) is 34.9 Å². The summed E-state index contributed by atoms with van der Waals surface area (Å²) in [5, 5.41) is 9.45. The third-order valence-electron chi connectivity index (χ3n) is 2.21. The summed E-state index contributed by atoms with van der Waals surface area (Å²) in [6.45, 7) is 1.87. The van der Waals surface area contributed by atoms with E-state index in [0.29, 0.717) is 11.6 Å². The maximum atomic E-state index is 11.7. The molecule has 7 nitrogen and oxygen atoms in total. The lowest BCUT2D eigenvalue weighted by Crippen LogP contribution is -2.23. The number of anilines is 1. The minimum absolute atomic E-state index is 0.148. The van der Waals surface area contributed by atoms with Gasteiger partial charge in [0.25, 0.3) is 5.56 Å². The number of aryl methyl sites for hydroxylation is 1. The van der Waals surface area contributed by atoms with Crippen LogP contribution in [-0.2, 0) is 7.05 Å². The summed E-state index contributed by atoms with van der Waals surface area (Å²) in [7, 11) is 1.67. The van der Waals surface area contributed by atoms with E-state index in [0.717, 1.165) is 0 Å². The van der Waals surface area contributed by atoms with Crippen molar-refractivity contribution >= 4 is 5.82 Å². The summed E-state index contributed by atoms with van der Waals surface area (Å²) in [5.41, 5.74) is -0.172. The molecule has 0 radical (unpaired) electrons. The van der Waals surface area contributed by atoms with Crippen LogP contribution in [0.5, 0.6) is 0 Å². The second-order valence-corrected chi connectivity index (χ2v) is 3.43. The van der Waals surface area contributed by atoms with E-state index in [1.165, 1.54) is 10.9 Å². The fraction of sp³-hybridized carbons (Fsp3) is 0.333. The van der Waals surface area contributed by atoms with Crippen LogP contribution in [0.15, 0.2) is 23.5 Å². The molecule has 1 atom stereocenters. The highest BCUT2D eigenvalue weighted by Gasteiger charge is 2.11. The van der Waals surface area contributed by atoms with Gasteiger partial charge in [-0.3, -0.25) is 9.89 Å². The maximum absolute atomic E-state index is 11.7. The fourth-order valence-electron chi connectivity index (χ4n) is 1.29. The van der Waals surface area contributed by atoms with Crippen LogP contribution in [0.2, 0.25) is 0 Å². The Morgan fingerprint density at radius 1 is 1.50 bits per heavy atom. The highest BCUT2D eigenvalue weighted by atomic mass is 16.1. The Bertz CT molecular complexity index is 517. The molecule has 1 unspecified atom stereocenters. The van der Waals surface area contributed by atoms with Gasteiger partial charge in [0.2, 0.25) is 0 Å². The molecule has 0 aliphatic rings. The molecule has 0 aromatic carbocycles. The number of aromatic amines is 1. The van der Waals surface area contributed by atoms with Gasteiger partial charge >= 0.3 is 0 Å². The first-order chi connectivity index (χ1) is 7.68.